The topological polar surface area (TPSA) is 134 Å². The number of rotatable bonds is 6. The summed E-state index contributed by atoms with van der Waals surface area (Å²) in [6, 6.07) is 17.6. The van der Waals surface area contributed by atoms with Crippen LogP contribution in [0.2, 0.25) is 0 Å². The third-order valence-corrected chi connectivity index (χ3v) is 5.16. The van der Waals surface area contributed by atoms with Crippen LogP contribution in [0.25, 0.3) is 21.8 Å². The van der Waals surface area contributed by atoms with Crippen molar-refractivity contribution in [2.75, 3.05) is 0 Å². The van der Waals surface area contributed by atoms with Gasteiger partial charge in [0.05, 0.1) is 23.5 Å². The third-order valence-electron chi connectivity index (χ3n) is 5.16. The second-order valence-electron chi connectivity index (χ2n) is 7.56. The zero-order chi connectivity index (χ0) is 24.7. The maximum atomic E-state index is 12.6. The molecule has 10 nitrogen and oxygen atoms in total. The number of hydrazone groups is 2. The zero-order valence-corrected chi connectivity index (χ0v) is 18.7. The van der Waals surface area contributed by atoms with Gasteiger partial charge in [-0.1, -0.05) is 24.3 Å². The highest BCUT2D eigenvalue weighted by molar-refractivity contribution is 6.06. The van der Waals surface area contributed by atoms with Gasteiger partial charge in [-0.05, 0) is 47.5 Å². The van der Waals surface area contributed by atoms with E-state index in [0.29, 0.717) is 11.0 Å². The summed E-state index contributed by atoms with van der Waals surface area (Å²) in [5, 5.41) is 9.50. The highest BCUT2D eigenvalue weighted by atomic mass is 16.2. The maximum Gasteiger partial charge on any atom is 0.289 e. The molecule has 0 fully saturated rings. The highest BCUT2D eigenvalue weighted by Crippen LogP contribution is 2.23. The number of hydrogen-bond donors (Lipinski definition) is 2. The van der Waals surface area contributed by atoms with Crippen molar-refractivity contribution >= 4 is 46.0 Å². The lowest BCUT2D eigenvalue weighted by atomic mass is 10.1. The van der Waals surface area contributed by atoms with Gasteiger partial charge in [0.1, 0.15) is 11.4 Å². The third kappa shape index (κ3) is 5.07. The van der Waals surface area contributed by atoms with E-state index in [4.69, 9.17) is 0 Å². The van der Waals surface area contributed by atoms with Crippen molar-refractivity contribution in [1.82, 2.24) is 30.8 Å². The Balaban J connectivity index is 1.39. The Morgan fingerprint density at radius 2 is 0.972 bits per heavy atom. The molecular weight excluding hydrogens is 456 g/mol. The largest absolute Gasteiger partial charge is 0.289 e. The molecule has 0 bridgehead atoms. The molecule has 0 atom stereocenters. The van der Waals surface area contributed by atoms with Crippen LogP contribution in [-0.4, -0.2) is 44.2 Å². The molecule has 5 rings (SSSR count). The first-order valence-electron chi connectivity index (χ1n) is 10.8. The number of aromatic nitrogens is 4. The minimum absolute atomic E-state index is 0.167. The monoisotopic (exact) mass is 474 g/mol. The van der Waals surface area contributed by atoms with E-state index < -0.39 is 11.8 Å². The second kappa shape index (κ2) is 10.3. The first-order chi connectivity index (χ1) is 17.7. The van der Waals surface area contributed by atoms with E-state index in [9.17, 15) is 9.59 Å². The fourth-order valence-electron chi connectivity index (χ4n) is 3.37. The highest BCUT2D eigenvalue weighted by Gasteiger charge is 2.13. The first kappa shape index (κ1) is 22.4. The summed E-state index contributed by atoms with van der Waals surface area (Å²) in [5.41, 5.74) is 7.85. The lowest BCUT2D eigenvalue weighted by Gasteiger charge is -2.07. The van der Waals surface area contributed by atoms with Crippen molar-refractivity contribution in [3.05, 3.63) is 108 Å². The lowest BCUT2D eigenvalue weighted by Crippen LogP contribution is -2.19. The fraction of sp³-hybridized carbons (Fsp3) is 0. The molecule has 5 aromatic rings. The van der Waals surface area contributed by atoms with Gasteiger partial charge >= 0.3 is 0 Å². The number of fused-ring (bicyclic) bond motifs is 3. The Morgan fingerprint density at radius 1 is 0.583 bits per heavy atom. The van der Waals surface area contributed by atoms with Gasteiger partial charge in [0.2, 0.25) is 0 Å². The summed E-state index contributed by atoms with van der Waals surface area (Å²) >= 11 is 0. The molecular formula is C26H18N8O2. The maximum absolute atomic E-state index is 12.6. The van der Waals surface area contributed by atoms with Gasteiger partial charge in [-0.15, -0.1) is 0 Å². The van der Waals surface area contributed by atoms with E-state index in [-0.39, 0.29) is 11.4 Å². The van der Waals surface area contributed by atoms with Crippen LogP contribution in [-0.2, 0) is 0 Å². The number of nitrogens with zero attached hydrogens (tertiary/aromatic N) is 6. The van der Waals surface area contributed by atoms with Gasteiger partial charge in [-0.3, -0.25) is 19.6 Å². The summed E-state index contributed by atoms with van der Waals surface area (Å²) in [7, 11) is 0. The van der Waals surface area contributed by atoms with Crippen molar-refractivity contribution in [3.8, 4) is 0 Å². The van der Waals surface area contributed by atoms with Crippen LogP contribution in [0.4, 0.5) is 0 Å². The molecule has 4 heterocycles. The molecule has 1 aromatic carbocycles. The first-order valence-corrected chi connectivity index (χ1v) is 10.8. The normalized spacial score (nSPS) is 11.3. The average Bonchev–Trinajstić information content (AvgIpc) is 2.93. The minimum Gasteiger partial charge on any atom is -0.266 e. The molecule has 0 saturated carbocycles. The van der Waals surface area contributed by atoms with Crippen molar-refractivity contribution in [1.29, 1.82) is 0 Å². The fourth-order valence-corrected chi connectivity index (χ4v) is 3.37. The van der Waals surface area contributed by atoms with E-state index in [2.05, 4.69) is 41.0 Å². The van der Waals surface area contributed by atoms with E-state index in [1.54, 1.807) is 73.3 Å². The smallest absolute Gasteiger partial charge is 0.266 e. The standard InChI is InChI=1S/C26H18N8O2/c35-25(33-29-15-17-7-11-27-12-8-17)21-5-3-19-1-2-20-4-6-22(32-24(20)23(19)31-21)26(36)34-30-16-18-9-13-28-14-10-18/h1-16H,(H,33,35)(H,34,36). The summed E-state index contributed by atoms with van der Waals surface area (Å²) < 4.78 is 0. The molecule has 0 saturated heterocycles. The Labute approximate surface area is 204 Å². The molecule has 174 valence electrons. The van der Waals surface area contributed by atoms with Crippen LogP contribution in [0.3, 0.4) is 0 Å². The second-order valence-corrected chi connectivity index (χ2v) is 7.56. The van der Waals surface area contributed by atoms with Crippen molar-refractivity contribution in [2.45, 2.75) is 0 Å². The molecule has 0 unspecified atom stereocenters. The van der Waals surface area contributed by atoms with Crippen molar-refractivity contribution in [2.24, 2.45) is 10.2 Å². The van der Waals surface area contributed by atoms with Crippen LogP contribution >= 0.6 is 0 Å². The number of pyridine rings is 4. The van der Waals surface area contributed by atoms with Crippen LogP contribution in [0.5, 0.6) is 0 Å². The van der Waals surface area contributed by atoms with Gasteiger partial charge < -0.3 is 0 Å². The molecule has 36 heavy (non-hydrogen) atoms. The van der Waals surface area contributed by atoms with Gasteiger partial charge in [0.25, 0.3) is 11.8 Å². The number of benzene rings is 1. The Hall–Kier alpha value is -5.38. The number of amides is 2. The van der Waals surface area contributed by atoms with E-state index >= 15 is 0 Å². The molecule has 0 aliphatic heterocycles. The van der Waals surface area contributed by atoms with Crippen molar-refractivity contribution < 1.29 is 9.59 Å². The SMILES string of the molecule is O=C(NN=Cc1ccncc1)c1ccc2ccc3ccc(C(=O)NN=Cc4ccncc4)nc3c2n1. The zero-order valence-electron chi connectivity index (χ0n) is 18.7. The van der Waals surface area contributed by atoms with Gasteiger partial charge in [-0.2, -0.15) is 10.2 Å². The molecule has 4 aromatic heterocycles. The number of hydrogen-bond acceptors (Lipinski definition) is 8. The quantitative estimate of drug-likeness (QED) is 0.221. The predicted octanol–water partition coefficient (Wildman–Crippen LogP) is 3.10. The van der Waals surface area contributed by atoms with Crippen LogP contribution in [0.15, 0.2) is 95.7 Å². The van der Waals surface area contributed by atoms with E-state index in [1.807, 2.05) is 12.1 Å². The number of carbonyl (C=O) groups is 2. The Morgan fingerprint density at radius 3 is 1.39 bits per heavy atom. The molecule has 0 aliphatic carbocycles. The molecule has 2 amide bonds. The van der Waals surface area contributed by atoms with Gasteiger partial charge in [-0.25, -0.2) is 20.8 Å². The van der Waals surface area contributed by atoms with Crippen LogP contribution in [0.1, 0.15) is 32.1 Å². The Kier molecular flexibility index (Phi) is 6.39. The van der Waals surface area contributed by atoms with E-state index in [1.165, 1.54) is 12.4 Å². The van der Waals surface area contributed by atoms with Crippen LogP contribution < -0.4 is 10.9 Å². The summed E-state index contributed by atoms with van der Waals surface area (Å²) in [5.74, 6) is -0.947. The predicted molar refractivity (Wildman–Crippen MR) is 136 cm³/mol. The number of nitrogens with one attached hydrogen (secondary N) is 2. The molecule has 0 spiro atoms. The van der Waals surface area contributed by atoms with Crippen molar-refractivity contribution in [3.63, 3.8) is 0 Å². The lowest BCUT2D eigenvalue weighted by molar-refractivity contribution is 0.0942. The summed E-state index contributed by atoms with van der Waals surface area (Å²) in [6.07, 6.45) is 9.56. The minimum atomic E-state index is -0.474. The van der Waals surface area contributed by atoms with E-state index in [0.717, 1.165) is 21.9 Å². The van der Waals surface area contributed by atoms with Crippen LogP contribution in [0, 0.1) is 0 Å². The van der Waals surface area contributed by atoms with Gasteiger partial charge in [0.15, 0.2) is 0 Å². The van der Waals surface area contributed by atoms with Gasteiger partial charge in [0, 0.05) is 35.6 Å². The summed E-state index contributed by atoms with van der Waals surface area (Å²) in [6.45, 7) is 0. The molecule has 2 N–H and O–H groups in total. The summed E-state index contributed by atoms with van der Waals surface area (Å²) in [4.78, 5) is 42.1. The number of carbonyl (C=O) groups excluding carboxylic acids is 2. The molecule has 10 heteroatoms. The average molecular weight is 474 g/mol. The Bertz CT molecular complexity index is 1500. The molecule has 0 aliphatic rings. The molecule has 0 radical (unpaired) electrons.